The van der Waals surface area contributed by atoms with Crippen LogP contribution in [0.2, 0.25) is 0 Å². The normalized spacial score (nSPS) is 9.23. The molecule has 0 saturated heterocycles. The number of primary amides is 1. The largest absolute Gasteiger partial charge is 0.366 e. The summed E-state index contributed by atoms with van der Waals surface area (Å²) in [7, 11) is 0. The van der Waals surface area contributed by atoms with Crippen molar-refractivity contribution < 1.29 is 9.18 Å². The van der Waals surface area contributed by atoms with Crippen LogP contribution < -0.4 is 5.73 Å². The fourth-order valence-electron chi connectivity index (χ4n) is 0.992. The molecule has 1 amide bonds. The molecule has 0 aliphatic carbocycles. The van der Waals surface area contributed by atoms with Gasteiger partial charge in [-0.1, -0.05) is 12.1 Å². The molecular weight excluding hydrogens is 171 g/mol. The van der Waals surface area contributed by atoms with E-state index in [1.54, 1.807) is 6.07 Å². The van der Waals surface area contributed by atoms with Crippen LogP contribution in [0.4, 0.5) is 4.39 Å². The lowest BCUT2D eigenvalue weighted by molar-refractivity contribution is 0.0996. The molecule has 0 radical (unpaired) electrons. The highest BCUT2D eigenvalue weighted by atomic mass is 19.1. The van der Waals surface area contributed by atoms with E-state index in [4.69, 9.17) is 11.0 Å². The summed E-state index contributed by atoms with van der Waals surface area (Å²) in [4.78, 5) is 10.7. The predicted octanol–water partition coefficient (Wildman–Crippen LogP) is 0.991. The second-order valence-electron chi connectivity index (χ2n) is 2.48. The van der Waals surface area contributed by atoms with Crippen molar-refractivity contribution >= 4 is 5.91 Å². The van der Waals surface area contributed by atoms with Crippen LogP contribution in [0.15, 0.2) is 18.2 Å². The minimum absolute atomic E-state index is 0.0625. The number of hydrogen-bond donors (Lipinski definition) is 1. The molecule has 0 saturated carbocycles. The molecule has 0 aliphatic heterocycles. The van der Waals surface area contributed by atoms with Crippen LogP contribution in [-0.4, -0.2) is 5.91 Å². The van der Waals surface area contributed by atoms with Crippen LogP contribution in [0.3, 0.4) is 0 Å². The molecule has 2 N–H and O–H groups in total. The first-order valence-corrected chi connectivity index (χ1v) is 3.61. The van der Waals surface area contributed by atoms with Gasteiger partial charge in [0.15, 0.2) is 0 Å². The first kappa shape index (κ1) is 9.20. The Balaban J connectivity index is 3.20. The Kier molecular flexibility index (Phi) is 2.60. The second-order valence-corrected chi connectivity index (χ2v) is 2.48. The molecule has 13 heavy (non-hydrogen) atoms. The van der Waals surface area contributed by atoms with E-state index >= 15 is 0 Å². The average Bonchev–Trinajstić information content (AvgIpc) is 2.08. The van der Waals surface area contributed by atoms with Crippen LogP contribution in [-0.2, 0) is 6.42 Å². The van der Waals surface area contributed by atoms with Gasteiger partial charge in [0.1, 0.15) is 5.82 Å². The van der Waals surface area contributed by atoms with E-state index in [0.29, 0.717) is 0 Å². The highest BCUT2D eigenvalue weighted by molar-refractivity contribution is 5.93. The second kappa shape index (κ2) is 3.68. The molecule has 1 aromatic rings. The summed E-state index contributed by atoms with van der Waals surface area (Å²) in [5.74, 6) is -1.52. The minimum Gasteiger partial charge on any atom is -0.366 e. The zero-order valence-corrected chi connectivity index (χ0v) is 6.75. The topological polar surface area (TPSA) is 66.9 Å². The third-order valence-electron chi connectivity index (χ3n) is 1.61. The quantitative estimate of drug-likeness (QED) is 0.733. The first-order valence-electron chi connectivity index (χ1n) is 3.61. The summed E-state index contributed by atoms with van der Waals surface area (Å²) >= 11 is 0. The highest BCUT2D eigenvalue weighted by Crippen LogP contribution is 2.12. The van der Waals surface area contributed by atoms with Gasteiger partial charge < -0.3 is 5.73 Å². The first-order chi connectivity index (χ1) is 6.16. The maximum Gasteiger partial charge on any atom is 0.251 e. The fraction of sp³-hybridized carbons (Fsp3) is 0.111. The van der Waals surface area contributed by atoms with Gasteiger partial charge in [0.25, 0.3) is 5.91 Å². The SMILES string of the molecule is N#CCc1cccc(C(N)=O)c1F. The third kappa shape index (κ3) is 1.82. The van der Waals surface area contributed by atoms with Crippen molar-refractivity contribution in [1.29, 1.82) is 5.26 Å². The van der Waals surface area contributed by atoms with E-state index in [1.165, 1.54) is 18.2 Å². The van der Waals surface area contributed by atoms with E-state index < -0.39 is 11.7 Å². The maximum atomic E-state index is 13.3. The molecule has 1 rings (SSSR count). The monoisotopic (exact) mass is 178 g/mol. The summed E-state index contributed by atoms with van der Waals surface area (Å²) in [6, 6.07) is 6.03. The van der Waals surface area contributed by atoms with Crippen LogP contribution in [0.5, 0.6) is 0 Å². The number of halogens is 1. The van der Waals surface area contributed by atoms with Gasteiger partial charge in [-0.2, -0.15) is 5.26 Å². The van der Waals surface area contributed by atoms with E-state index in [2.05, 4.69) is 0 Å². The number of benzene rings is 1. The molecular formula is C9H7FN2O. The van der Waals surface area contributed by atoms with Gasteiger partial charge in [-0.3, -0.25) is 4.79 Å². The number of carbonyl (C=O) groups excluding carboxylic acids is 1. The Labute approximate surface area is 74.6 Å². The zero-order chi connectivity index (χ0) is 9.84. The van der Waals surface area contributed by atoms with E-state index in [1.807, 2.05) is 0 Å². The standard InChI is InChI=1S/C9H7FN2O/c10-8-6(4-5-11)2-1-3-7(8)9(12)13/h1-3H,4H2,(H2,12,13). The molecule has 66 valence electrons. The Hall–Kier alpha value is -1.89. The van der Waals surface area contributed by atoms with Gasteiger partial charge >= 0.3 is 0 Å². The third-order valence-corrected chi connectivity index (χ3v) is 1.61. The van der Waals surface area contributed by atoms with Crippen molar-refractivity contribution in [3.05, 3.63) is 35.1 Å². The molecule has 0 bridgehead atoms. The van der Waals surface area contributed by atoms with E-state index in [-0.39, 0.29) is 17.5 Å². The Morgan fingerprint density at radius 3 is 2.85 bits per heavy atom. The van der Waals surface area contributed by atoms with E-state index in [9.17, 15) is 9.18 Å². The molecule has 0 fully saturated rings. The average molecular weight is 178 g/mol. The number of nitriles is 1. The van der Waals surface area contributed by atoms with Crippen LogP contribution in [0.1, 0.15) is 15.9 Å². The lowest BCUT2D eigenvalue weighted by Crippen LogP contribution is -2.14. The number of rotatable bonds is 2. The smallest absolute Gasteiger partial charge is 0.251 e. The van der Waals surface area contributed by atoms with Crippen molar-refractivity contribution in [2.45, 2.75) is 6.42 Å². The van der Waals surface area contributed by atoms with Crippen LogP contribution in [0.25, 0.3) is 0 Å². The van der Waals surface area contributed by atoms with Crippen molar-refractivity contribution in [2.75, 3.05) is 0 Å². The van der Waals surface area contributed by atoms with Gasteiger partial charge in [-0.25, -0.2) is 4.39 Å². The Morgan fingerprint density at radius 1 is 1.62 bits per heavy atom. The highest BCUT2D eigenvalue weighted by Gasteiger charge is 2.11. The van der Waals surface area contributed by atoms with Crippen molar-refractivity contribution in [2.24, 2.45) is 5.73 Å². The molecule has 4 heteroatoms. The summed E-state index contributed by atoms with van der Waals surface area (Å²) in [6.45, 7) is 0. The lowest BCUT2D eigenvalue weighted by Gasteiger charge is -2.01. The molecule has 3 nitrogen and oxygen atoms in total. The van der Waals surface area contributed by atoms with Crippen molar-refractivity contribution in [3.63, 3.8) is 0 Å². The predicted molar refractivity (Wildman–Crippen MR) is 44.2 cm³/mol. The molecule has 0 aromatic heterocycles. The molecule has 0 heterocycles. The van der Waals surface area contributed by atoms with Crippen LogP contribution in [0, 0.1) is 17.1 Å². The summed E-state index contributed by atoms with van der Waals surface area (Å²) in [6.07, 6.45) is -0.0625. The molecule has 0 aliphatic rings. The molecule has 1 aromatic carbocycles. The van der Waals surface area contributed by atoms with Gasteiger partial charge in [0.2, 0.25) is 0 Å². The Bertz CT molecular complexity index is 382. The van der Waals surface area contributed by atoms with Gasteiger partial charge in [-0.05, 0) is 6.07 Å². The summed E-state index contributed by atoms with van der Waals surface area (Å²) in [5.41, 5.74) is 4.94. The minimum atomic E-state index is -0.822. The van der Waals surface area contributed by atoms with E-state index in [0.717, 1.165) is 0 Å². The number of amides is 1. The van der Waals surface area contributed by atoms with Gasteiger partial charge in [-0.15, -0.1) is 0 Å². The molecule has 0 atom stereocenters. The fourth-order valence-corrected chi connectivity index (χ4v) is 0.992. The van der Waals surface area contributed by atoms with Crippen LogP contribution >= 0.6 is 0 Å². The zero-order valence-electron chi connectivity index (χ0n) is 6.75. The summed E-state index contributed by atoms with van der Waals surface area (Å²) < 4.78 is 13.3. The van der Waals surface area contributed by atoms with Gasteiger partial charge in [0.05, 0.1) is 18.1 Å². The molecule has 0 spiro atoms. The Morgan fingerprint density at radius 2 is 2.31 bits per heavy atom. The number of carbonyl (C=O) groups is 1. The number of hydrogen-bond acceptors (Lipinski definition) is 2. The van der Waals surface area contributed by atoms with Crippen molar-refractivity contribution in [3.8, 4) is 6.07 Å². The van der Waals surface area contributed by atoms with Gasteiger partial charge in [0, 0.05) is 5.56 Å². The summed E-state index contributed by atoms with van der Waals surface area (Å²) in [5, 5.41) is 8.34. The lowest BCUT2D eigenvalue weighted by atomic mass is 10.1. The maximum absolute atomic E-state index is 13.3. The van der Waals surface area contributed by atoms with Crippen molar-refractivity contribution in [1.82, 2.24) is 0 Å². The number of nitrogens with two attached hydrogens (primary N) is 1. The number of nitrogens with zero attached hydrogens (tertiary/aromatic N) is 1. The molecule has 0 unspecified atom stereocenters.